The van der Waals surface area contributed by atoms with Gasteiger partial charge in [-0.2, -0.15) is 0 Å². The molecule has 0 unspecified atom stereocenters. The molecule has 4 nitrogen and oxygen atoms in total. The summed E-state index contributed by atoms with van der Waals surface area (Å²) in [7, 11) is 0. The first kappa shape index (κ1) is 23.3. The molecule has 192 valence electrons. The van der Waals surface area contributed by atoms with Crippen molar-refractivity contribution in [2.45, 2.75) is 0 Å². The predicted octanol–water partition coefficient (Wildman–Crippen LogP) is 9.59. The quantitative estimate of drug-likeness (QED) is 0.230. The van der Waals surface area contributed by atoms with Crippen molar-refractivity contribution in [2.24, 2.45) is 0 Å². The maximum atomic E-state index is 6.29. The molecule has 4 heteroatoms. The van der Waals surface area contributed by atoms with Gasteiger partial charge in [0.1, 0.15) is 11.2 Å². The monoisotopic (exact) mass is 525 g/mol. The first-order chi connectivity index (χ1) is 20.3. The van der Waals surface area contributed by atoms with Gasteiger partial charge in [0.05, 0.1) is 0 Å². The molecule has 8 aromatic rings. The summed E-state index contributed by atoms with van der Waals surface area (Å²) in [6, 6.07) is 47.5. The molecule has 0 fully saturated rings. The van der Waals surface area contributed by atoms with Crippen LogP contribution in [-0.4, -0.2) is 15.0 Å². The minimum absolute atomic E-state index is 0.618. The van der Waals surface area contributed by atoms with E-state index < -0.39 is 0 Å². The molecule has 0 aliphatic heterocycles. The van der Waals surface area contributed by atoms with E-state index in [0.29, 0.717) is 17.5 Å². The summed E-state index contributed by atoms with van der Waals surface area (Å²) in [6.07, 6.45) is 0. The van der Waals surface area contributed by atoms with Crippen molar-refractivity contribution in [1.82, 2.24) is 15.0 Å². The third kappa shape index (κ3) is 4.05. The summed E-state index contributed by atoms with van der Waals surface area (Å²) >= 11 is 0. The number of nitrogens with zero attached hydrogens (tertiary/aromatic N) is 3. The van der Waals surface area contributed by atoms with E-state index in [-0.39, 0.29) is 0 Å². The van der Waals surface area contributed by atoms with Crippen LogP contribution in [0.3, 0.4) is 0 Å². The topological polar surface area (TPSA) is 51.8 Å². The highest BCUT2D eigenvalue weighted by atomic mass is 16.3. The van der Waals surface area contributed by atoms with Crippen molar-refractivity contribution in [3.05, 3.63) is 140 Å². The Balaban J connectivity index is 1.46. The predicted molar refractivity (Wildman–Crippen MR) is 166 cm³/mol. The zero-order chi connectivity index (χ0) is 27.2. The van der Waals surface area contributed by atoms with Crippen LogP contribution in [0.25, 0.3) is 78.0 Å². The lowest BCUT2D eigenvalue weighted by atomic mass is 9.96. The zero-order valence-corrected chi connectivity index (χ0v) is 22.0. The smallest absolute Gasteiger partial charge is 0.164 e. The van der Waals surface area contributed by atoms with Gasteiger partial charge in [-0.25, -0.2) is 15.0 Å². The van der Waals surface area contributed by atoms with Gasteiger partial charge in [0, 0.05) is 27.5 Å². The molecule has 0 bridgehead atoms. The Hall–Kier alpha value is -5.61. The number of benzene rings is 6. The molecule has 0 N–H and O–H groups in total. The summed E-state index contributed by atoms with van der Waals surface area (Å²) < 4.78 is 6.29. The second-order valence-electron chi connectivity index (χ2n) is 10.1. The SMILES string of the molecule is c1ccc(-c2nc(-c3cc4c(cc3-c3ccccc3)oc3ccccc34)nc(-c3cccc4ccccc34)n2)cc1. The van der Waals surface area contributed by atoms with Crippen LogP contribution < -0.4 is 0 Å². The third-order valence-electron chi connectivity index (χ3n) is 7.54. The van der Waals surface area contributed by atoms with Gasteiger partial charge >= 0.3 is 0 Å². The molecule has 0 aliphatic carbocycles. The number of para-hydroxylation sites is 1. The number of furan rings is 1. The summed E-state index contributed by atoms with van der Waals surface area (Å²) in [5.74, 6) is 1.89. The number of rotatable bonds is 4. The van der Waals surface area contributed by atoms with Crippen LogP contribution in [0.4, 0.5) is 0 Å². The Bertz CT molecular complexity index is 2200. The van der Waals surface area contributed by atoms with Crippen LogP contribution in [0.1, 0.15) is 0 Å². The maximum Gasteiger partial charge on any atom is 0.164 e. The minimum Gasteiger partial charge on any atom is -0.456 e. The molecule has 0 radical (unpaired) electrons. The van der Waals surface area contributed by atoms with Crippen LogP contribution in [0.15, 0.2) is 144 Å². The Morgan fingerprint density at radius 2 is 0.976 bits per heavy atom. The summed E-state index contributed by atoms with van der Waals surface area (Å²) in [5.41, 5.74) is 6.60. The Labute approximate surface area is 236 Å². The average Bonchev–Trinajstić information content (AvgIpc) is 3.42. The summed E-state index contributed by atoms with van der Waals surface area (Å²) in [5, 5.41) is 4.34. The molecule has 0 aliphatic rings. The number of aromatic nitrogens is 3. The molecule has 8 rings (SSSR count). The van der Waals surface area contributed by atoms with E-state index in [9.17, 15) is 0 Å². The van der Waals surface area contributed by atoms with Gasteiger partial charge in [0.15, 0.2) is 17.5 Å². The van der Waals surface area contributed by atoms with Crippen LogP contribution in [0.2, 0.25) is 0 Å². The second-order valence-corrected chi connectivity index (χ2v) is 10.1. The van der Waals surface area contributed by atoms with Crippen molar-refractivity contribution < 1.29 is 4.42 Å². The van der Waals surface area contributed by atoms with Crippen molar-refractivity contribution in [1.29, 1.82) is 0 Å². The molecule has 0 spiro atoms. The van der Waals surface area contributed by atoms with Crippen LogP contribution in [0, 0.1) is 0 Å². The lowest BCUT2D eigenvalue weighted by molar-refractivity contribution is 0.669. The fourth-order valence-corrected chi connectivity index (χ4v) is 5.57. The number of hydrogen-bond donors (Lipinski definition) is 0. The molecular formula is C37H23N3O. The largest absolute Gasteiger partial charge is 0.456 e. The highest BCUT2D eigenvalue weighted by Gasteiger charge is 2.19. The van der Waals surface area contributed by atoms with E-state index in [1.807, 2.05) is 66.7 Å². The standard InChI is InChI=1S/C37H23N3O/c1-3-12-25(13-4-1)30-23-34-31(28-19-9-10-21-33(28)41-34)22-32(30)37-39-35(26-15-5-2-6-16-26)38-36(40-37)29-20-11-17-24-14-7-8-18-27(24)29/h1-23H. The molecule has 0 atom stereocenters. The average molecular weight is 526 g/mol. The van der Waals surface area contributed by atoms with Crippen molar-refractivity contribution in [3.63, 3.8) is 0 Å². The molecule has 2 heterocycles. The van der Waals surface area contributed by atoms with Crippen molar-refractivity contribution >= 4 is 32.7 Å². The first-order valence-corrected chi connectivity index (χ1v) is 13.6. The van der Waals surface area contributed by atoms with Gasteiger partial charge in [0.25, 0.3) is 0 Å². The highest BCUT2D eigenvalue weighted by Crippen LogP contribution is 2.39. The second kappa shape index (κ2) is 9.54. The minimum atomic E-state index is 0.618. The third-order valence-corrected chi connectivity index (χ3v) is 7.54. The Morgan fingerprint density at radius 3 is 1.78 bits per heavy atom. The van der Waals surface area contributed by atoms with Crippen LogP contribution >= 0.6 is 0 Å². The molecule has 2 aromatic heterocycles. The van der Waals surface area contributed by atoms with Gasteiger partial charge in [-0.1, -0.05) is 121 Å². The lowest BCUT2D eigenvalue weighted by Gasteiger charge is -2.13. The number of hydrogen-bond acceptors (Lipinski definition) is 4. The molecule has 0 saturated heterocycles. The zero-order valence-electron chi connectivity index (χ0n) is 22.0. The van der Waals surface area contributed by atoms with Crippen molar-refractivity contribution in [2.75, 3.05) is 0 Å². The Kier molecular flexibility index (Phi) is 5.42. The van der Waals surface area contributed by atoms with E-state index >= 15 is 0 Å². The van der Waals surface area contributed by atoms with Gasteiger partial charge in [-0.3, -0.25) is 0 Å². The van der Waals surface area contributed by atoms with Crippen LogP contribution in [0.5, 0.6) is 0 Å². The maximum absolute atomic E-state index is 6.29. The van der Waals surface area contributed by atoms with Crippen LogP contribution in [-0.2, 0) is 0 Å². The molecule has 0 amide bonds. The van der Waals surface area contributed by atoms with E-state index in [1.165, 1.54) is 0 Å². The fourth-order valence-electron chi connectivity index (χ4n) is 5.57. The summed E-state index contributed by atoms with van der Waals surface area (Å²) in [4.78, 5) is 15.3. The molecule has 0 saturated carbocycles. The van der Waals surface area contributed by atoms with Gasteiger partial charge in [-0.15, -0.1) is 0 Å². The van der Waals surface area contributed by atoms with E-state index in [1.54, 1.807) is 0 Å². The first-order valence-electron chi connectivity index (χ1n) is 13.6. The summed E-state index contributed by atoms with van der Waals surface area (Å²) in [6.45, 7) is 0. The normalized spacial score (nSPS) is 11.4. The molecule has 6 aromatic carbocycles. The molecular weight excluding hydrogens is 502 g/mol. The number of fused-ring (bicyclic) bond motifs is 4. The van der Waals surface area contributed by atoms with E-state index in [0.717, 1.165) is 60.5 Å². The van der Waals surface area contributed by atoms with Gasteiger partial charge in [-0.05, 0) is 40.1 Å². The lowest BCUT2D eigenvalue weighted by Crippen LogP contribution is -2.01. The van der Waals surface area contributed by atoms with Gasteiger partial charge in [0.2, 0.25) is 0 Å². The van der Waals surface area contributed by atoms with Crippen molar-refractivity contribution in [3.8, 4) is 45.3 Å². The van der Waals surface area contributed by atoms with E-state index in [2.05, 4.69) is 72.8 Å². The van der Waals surface area contributed by atoms with E-state index in [4.69, 9.17) is 19.4 Å². The van der Waals surface area contributed by atoms with Gasteiger partial charge < -0.3 is 4.42 Å². The Morgan fingerprint density at radius 1 is 0.366 bits per heavy atom. The fraction of sp³-hybridized carbons (Fsp3) is 0. The highest BCUT2D eigenvalue weighted by molar-refractivity contribution is 6.08. The molecule has 41 heavy (non-hydrogen) atoms.